The Morgan fingerprint density at radius 3 is 2.58 bits per heavy atom. The molecular formula is C15H9ClN4O4. The second-order valence-electron chi connectivity index (χ2n) is 4.82. The molecular weight excluding hydrogens is 336 g/mol. The summed E-state index contributed by atoms with van der Waals surface area (Å²) < 4.78 is 0. The van der Waals surface area contributed by atoms with Crippen LogP contribution in [0.25, 0.3) is 10.9 Å². The largest absolute Gasteiger partial charge is 0.493 e. The summed E-state index contributed by atoms with van der Waals surface area (Å²) in [7, 11) is 0. The molecule has 0 atom stereocenters. The van der Waals surface area contributed by atoms with Gasteiger partial charge in [0.15, 0.2) is 5.69 Å². The highest BCUT2D eigenvalue weighted by Crippen LogP contribution is 2.36. The maximum absolute atomic E-state index is 12.0. The highest BCUT2D eigenvalue weighted by atomic mass is 35.5. The molecule has 2 aromatic carbocycles. The number of nitro groups is 1. The lowest BCUT2D eigenvalue weighted by Gasteiger charge is -1.95. The van der Waals surface area contributed by atoms with Gasteiger partial charge < -0.3 is 10.1 Å². The quantitative estimate of drug-likeness (QED) is 0.416. The van der Waals surface area contributed by atoms with Crippen molar-refractivity contribution in [3.8, 4) is 5.88 Å². The lowest BCUT2D eigenvalue weighted by atomic mass is 10.2. The molecule has 0 unspecified atom stereocenters. The Morgan fingerprint density at radius 2 is 1.92 bits per heavy atom. The number of hydrogen-bond donors (Lipinski definition) is 2. The Bertz CT molecular complexity index is 979. The number of nitrogens with zero attached hydrogens (tertiary/aromatic N) is 3. The Hall–Kier alpha value is -3.26. The van der Waals surface area contributed by atoms with Crippen LogP contribution in [-0.2, 0) is 0 Å². The van der Waals surface area contributed by atoms with Crippen molar-refractivity contribution in [2.45, 2.75) is 0 Å². The van der Waals surface area contributed by atoms with E-state index in [1.165, 1.54) is 24.3 Å². The van der Waals surface area contributed by atoms with Crippen LogP contribution in [0.2, 0.25) is 5.02 Å². The van der Waals surface area contributed by atoms with E-state index < -0.39 is 10.8 Å². The van der Waals surface area contributed by atoms with Gasteiger partial charge in [-0.15, -0.1) is 10.2 Å². The van der Waals surface area contributed by atoms with Crippen LogP contribution < -0.4 is 0 Å². The van der Waals surface area contributed by atoms with Gasteiger partial charge in [-0.3, -0.25) is 14.9 Å². The summed E-state index contributed by atoms with van der Waals surface area (Å²) in [4.78, 5) is 24.7. The minimum absolute atomic E-state index is 0.0859. The van der Waals surface area contributed by atoms with Gasteiger partial charge in [-0.2, -0.15) is 0 Å². The minimum Gasteiger partial charge on any atom is -0.493 e. The van der Waals surface area contributed by atoms with Crippen LogP contribution in [0.3, 0.4) is 0 Å². The van der Waals surface area contributed by atoms with Crippen molar-refractivity contribution in [1.82, 2.24) is 4.98 Å². The van der Waals surface area contributed by atoms with E-state index in [2.05, 4.69) is 15.2 Å². The van der Waals surface area contributed by atoms with E-state index in [1.807, 2.05) is 0 Å². The Kier molecular flexibility index (Phi) is 3.97. The van der Waals surface area contributed by atoms with Crippen LogP contribution in [-0.4, -0.2) is 20.9 Å². The number of nitrogens with one attached hydrogen (secondary N) is 1. The average Bonchev–Trinajstić information content (AvgIpc) is 2.87. The number of halogens is 1. The number of azo groups is 1. The van der Waals surface area contributed by atoms with Crippen LogP contribution in [0, 0.1) is 10.1 Å². The van der Waals surface area contributed by atoms with E-state index in [0.29, 0.717) is 15.9 Å². The van der Waals surface area contributed by atoms with Gasteiger partial charge in [0, 0.05) is 28.1 Å². The van der Waals surface area contributed by atoms with Gasteiger partial charge in [0.1, 0.15) is 0 Å². The second kappa shape index (κ2) is 6.09. The number of aromatic hydroxyl groups is 1. The van der Waals surface area contributed by atoms with Gasteiger partial charge in [-0.05, 0) is 30.3 Å². The van der Waals surface area contributed by atoms with Crippen LogP contribution in [0.1, 0.15) is 10.4 Å². The topological polar surface area (TPSA) is 121 Å². The number of fused-ring (bicyclic) bond motifs is 1. The maximum atomic E-state index is 12.0. The predicted molar refractivity (Wildman–Crippen MR) is 86.9 cm³/mol. The molecule has 1 amide bonds. The number of nitro benzene ring substituents is 1. The van der Waals surface area contributed by atoms with Gasteiger partial charge in [-0.25, -0.2) is 0 Å². The Labute approximate surface area is 139 Å². The van der Waals surface area contributed by atoms with E-state index in [0.717, 1.165) is 0 Å². The molecule has 0 aliphatic heterocycles. The van der Waals surface area contributed by atoms with Crippen LogP contribution in [0.4, 0.5) is 11.4 Å². The van der Waals surface area contributed by atoms with Crippen LogP contribution >= 0.6 is 11.6 Å². The van der Waals surface area contributed by atoms with Crippen molar-refractivity contribution in [2.75, 3.05) is 0 Å². The summed E-state index contributed by atoms with van der Waals surface area (Å²) in [5.41, 5.74) is 0.686. The van der Waals surface area contributed by atoms with E-state index in [1.54, 1.807) is 18.2 Å². The monoisotopic (exact) mass is 344 g/mol. The van der Waals surface area contributed by atoms with E-state index in [-0.39, 0.29) is 22.8 Å². The van der Waals surface area contributed by atoms with E-state index in [9.17, 15) is 20.0 Å². The van der Waals surface area contributed by atoms with E-state index in [4.69, 9.17) is 11.6 Å². The van der Waals surface area contributed by atoms with Gasteiger partial charge >= 0.3 is 0 Å². The van der Waals surface area contributed by atoms with E-state index >= 15 is 0 Å². The van der Waals surface area contributed by atoms with Crippen molar-refractivity contribution < 1.29 is 14.8 Å². The molecule has 0 radical (unpaired) electrons. The highest BCUT2D eigenvalue weighted by molar-refractivity contribution is 6.31. The van der Waals surface area contributed by atoms with Crippen molar-refractivity contribution in [3.63, 3.8) is 0 Å². The molecule has 1 aromatic heterocycles. The number of H-pyrrole nitrogens is 1. The fraction of sp³-hybridized carbons (Fsp3) is 0. The fourth-order valence-corrected chi connectivity index (χ4v) is 2.29. The molecule has 0 aliphatic carbocycles. The summed E-state index contributed by atoms with van der Waals surface area (Å²) in [6.45, 7) is 0. The zero-order valence-electron chi connectivity index (χ0n) is 11.9. The van der Waals surface area contributed by atoms with Crippen molar-refractivity contribution >= 4 is 39.8 Å². The molecule has 1 heterocycles. The zero-order chi connectivity index (χ0) is 17.3. The second-order valence-corrected chi connectivity index (χ2v) is 5.26. The molecule has 3 aromatic rings. The SMILES string of the molecule is O=C(N=Nc1c(O)[nH]c2ccc(Cl)cc12)c1ccc([N+](=O)[O-])cc1. The van der Waals surface area contributed by atoms with Gasteiger partial charge in [0.2, 0.25) is 5.88 Å². The molecule has 0 fully saturated rings. The molecule has 0 aliphatic rings. The molecule has 0 bridgehead atoms. The number of benzene rings is 2. The first-order chi connectivity index (χ1) is 11.5. The highest BCUT2D eigenvalue weighted by Gasteiger charge is 2.13. The number of non-ortho nitro benzene ring substituents is 1. The fourth-order valence-electron chi connectivity index (χ4n) is 2.12. The summed E-state index contributed by atoms with van der Waals surface area (Å²) in [5.74, 6) is -0.937. The van der Waals surface area contributed by atoms with Crippen molar-refractivity contribution in [3.05, 3.63) is 63.2 Å². The lowest BCUT2D eigenvalue weighted by molar-refractivity contribution is -0.384. The summed E-state index contributed by atoms with van der Waals surface area (Å²) in [6.07, 6.45) is 0. The van der Waals surface area contributed by atoms with Gasteiger partial charge in [0.25, 0.3) is 11.6 Å². The zero-order valence-corrected chi connectivity index (χ0v) is 12.7. The average molecular weight is 345 g/mol. The number of hydrogen-bond acceptors (Lipinski definition) is 5. The third-order valence-electron chi connectivity index (χ3n) is 3.28. The molecule has 0 spiro atoms. The van der Waals surface area contributed by atoms with Crippen LogP contribution in [0.15, 0.2) is 52.7 Å². The molecule has 24 heavy (non-hydrogen) atoms. The molecule has 0 saturated carbocycles. The van der Waals surface area contributed by atoms with Crippen molar-refractivity contribution in [2.24, 2.45) is 10.2 Å². The smallest absolute Gasteiger partial charge is 0.295 e. The van der Waals surface area contributed by atoms with Crippen LogP contribution in [0.5, 0.6) is 5.88 Å². The first-order valence-corrected chi connectivity index (χ1v) is 7.04. The molecule has 8 nitrogen and oxygen atoms in total. The normalized spacial score (nSPS) is 11.2. The summed E-state index contributed by atoms with van der Waals surface area (Å²) in [6, 6.07) is 9.85. The number of amides is 1. The number of carbonyl (C=O) groups is 1. The molecule has 3 rings (SSSR count). The summed E-state index contributed by atoms with van der Waals surface area (Å²) >= 11 is 5.91. The Morgan fingerprint density at radius 1 is 1.21 bits per heavy atom. The minimum atomic E-state index is -0.694. The van der Waals surface area contributed by atoms with Gasteiger partial charge in [0.05, 0.1) is 10.4 Å². The number of rotatable bonds is 3. The van der Waals surface area contributed by atoms with Crippen molar-refractivity contribution in [1.29, 1.82) is 0 Å². The number of carbonyl (C=O) groups excluding carboxylic acids is 1. The molecule has 2 N–H and O–H groups in total. The molecule has 0 saturated heterocycles. The lowest BCUT2D eigenvalue weighted by Crippen LogP contribution is -1.94. The number of aromatic nitrogens is 1. The molecule has 120 valence electrons. The first-order valence-electron chi connectivity index (χ1n) is 6.66. The standard InChI is InChI=1S/C15H9ClN4O4/c16-9-3-6-12-11(7-9)13(15(22)17-12)18-19-14(21)8-1-4-10(5-2-8)20(23)24/h1-7,17,22H. The predicted octanol–water partition coefficient (Wildman–Crippen LogP) is 4.36. The molecule has 9 heteroatoms. The number of aromatic amines is 1. The Balaban J connectivity index is 1.90. The summed E-state index contributed by atoms with van der Waals surface area (Å²) in [5, 5.41) is 28.7. The first kappa shape index (κ1) is 15.6. The third kappa shape index (κ3) is 2.95. The third-order valence-corrected chi connectivity index (χ3v) is 3.52. The maximum Gasteiger partial charge on any atom is 0.295 e. The van der Waals surface area contributed by atoms with Gasteiger partial charge in [-0.1, -0.05) is 11.6 Å².